The fourth-order valence-corrected chi connectivity index (χ4v) is 0.966. The molecule has 0 bridgehead atoms. The van der Waals surface area contributed by atoms with E-state index in [1.54, 1.807) is 0 Å². The molecular formula is C10H18N2. The van der Waals surface area contributed by atoms with Crippen molar-refractivity contribution in [3.05, 3.63) is 30.3 Å². The van der Waals surface area contributed by atoms with Crippen LogP contribution in [0.25, 0.3) is 0 Å². The van der Waals surface area contributed by atoms with Crippen LogP contribution in [-0.2, 0) is 0 Å². The van der Waals surface area contributed by atoms with E-state index < -0.39 is 0 Å². The monoisotopic (exact) mass is 166 g/mol. The molecule has 12 heavy (non-hydrogen) atoms. The SMILES string of the molecule is CCCCNc1ccccc1.N. The van der Waals surface area contributed by atoms with E-state index in [1.165, 1.54) is 18.5 Å². The highest BCUT2D eigenvalue weighted by Crippen LogP contribution is 2.04. The Labute approximate surface area is 74.6 Å². The lowest BCUT2D eigenvalue weighted by atomic mass is 10.3. The zero-order valence-electron chi connectivity index (χ0n) is 7.72. The van der Waals surface area contributed by atoms with E-state index in [0.717, 1.165) is 6.54 Å². The van der Waals surface area contributed by atoms with Gasteiger partial charge in [-0.3, -0.25) is 0 Å². The van der Waals surface area contributed by atoms with Crippen LogP contribution in [-0.4, -0.2) is 6.54 Å². The smallest absolute Gasteiger partial charge is 0.0340 e. The molecule has 0 aromatic heterocycles. The molecule has 0 aliphatic rings. The first-order chi connectivity index (χ1) is 5.43. The Balaban J connectivity index is 0.00000121. The Morgan fingerprint density at radius 2 is 1.83 bits per heavy atom. The highest BCUT2D eigenvalue weighted by atomic mass is 14.9. The molecule has 0 heterocycles. The van der Waals surface area contributed by atoms with Gasteiger partial charge in [0.05, 0.1) is 0 Å². The molecule has 0 radical (unpaired) electrons. The number of hydrogen-bond acceptors (Lipinski definition) is 2. The Bertz CT molecular complexity index is 184. The van der Waals surface area contributed by atoms with Crippen molar-refractivity contribution in [1.82, 2.24) is 6.15 Å². The van der Waals surface area contributed by atoms with Crippen molar-refractivity contribution < 1.29 is 0 Å². The average Bonchev–Trinajstić information content (AvgIpc) is 2.07. The van der Waals surface area contributed by atoms with Crippen molar-refractivity contribution in [1.29, 1.82) is 0 Å². The van der Waals surface area contributed by atoms with Gasteiger partial charge < -0.3 is 11.5 Å². The molecule has 0 aliphatic heterocycles. The van der Waals surface area contributed by atoms with Gasteiger partial charge in [0.15, 0.2) is 0 Å². The zero-order chi connectivity index (χ0) is 7.94. The molecule has 68 valence electrons. The lowest BCUT2D eigenvalue weighted by Gasteiger charge is -2.03. The summed E-state index contributed by atoms with van der Waals surface area (Å²) < 4.78 is 0. The second-order valence-corrected chi connectivity index (χ2v) is 2.65. The molecule has 2 nitrogen and oxygen atoms in total. The largest absolute Gasteiger partial charge is 0.385 e. The molecule has 0 amide bonds. The summed E-state index contributed by atoms with van der Waals surface area (Å²) in [5, 5.41) is 3.35. The summed E-state index contributed by atoms with van der Waals surface area (Å²) in [5.74, 6) is 0. The Hall–Kier alpha value is -1.02. The van der Waals surface area contributed by atoms with Crippen LogP contribution in [0.15, 0.2) is 30.3 Å². The lowest BCUT2D eigenvalue weighted by Crippen LogP contribution is -1.99. The Kier molecular flexibility index (Phi) is 6.11. The van der Waals surface area contributed by atoms with Gasteiger partial charge in [-0.2, -0.15) is 0 Å². The average molecular weight is 166 g/mol. The zero-order valence-corrected chi connectivity index (χ0v) is 7.72. The lowest BCUT2D eigenvalue weighted by molar-refractivity contribution is 0.834. The minimum atomic E-state index is 0. The third-order valence-corrected chi connectivity index (χ3v) is 1.63. The normalized spacial score (nSPS) is 8.75. The van der Waals surface area contributed by atoms with Crippen LogP contribution in [0, 0.1) is 0 Å². The summed E-state index contributed by atoms with van der Waals surface area (Å²) in [5.41, 5.74) is 1.22. The molecule has 1 rings (SSSR count). The summed E-state index contributed by atoms with van der Waals surface area (Å²) in [7, 11) is 0. The first kappa shape index (κ1) is 11.0. The molecule has 0 spiro atoms. The number of benzene rings is 1. The second kappa shape index (κ2) is 6.68. The van der Waals surface area contributed by atoms with Crippen LogP contribution in [0.1, 0.15) is 19.8 Å². The van der Waals surface area contributed by atoms with Crippen LogP contribution in [0.5, 0.6) is 0 Å². The molecule has 4 N–H and O–H groups in total. The summed E-state index contributed by atoms with van der Waals surface area (Å²) >= 11 is 0. The van der Waals surface area contributed by atoms with Gasteiger partial charge in [0, 0.05) is 12.2 Å². The maximum Gasteiger partial charge on any atom is 0.0340 e. The number of para-hydroxylation sites is 1. The molecule has 0 saturated heterocycles. The molecule has 0 saturated carbocycles. The molecule has 2 heteroatoms. The van der Waals surface area contributed by atoms with E-state index in [1.807, 2.05) is 18.2 Å². The fraction of sp³-hybridized carbons (Fsp3) is 0.400. The molecule has 1 aromatic carbocycles. The van der Waals surface area contributed by atoms with Gasteiger partial charge in [-0.1, -0.05) is 31.5 Å². The molecule has 1 aromatic rings. The predicted octanol–water partition coefficient (Wildman–Crippen LogP) is 3.06. The van der Waals surface area contributed by atoms with E-state index >= 15 is 0 Å². The predicted molar refractivity (Wildman–Crippen MR) is 54.9 cm³/mol. The third-order valence-electron chi connectivity index (χ3n) is 1.63. The van der Waals surface area contributed by atoms with Crippen molar-refractivity contribution in [2.75, 3.05) is 11.9 Å². The van der Waals surface area contributed by atoms with Crippen LogP contribution in [0.3, 0.4) is 0 Å². The minimum Gasteiger partial charge on any atom is -0.385 e. The number of unbranched alkanes of at least 4 members (excludes halogenated alkanes) is 1. The first-order valence-electron chi connectivity index (χ1n) is 4.22. The quantitative estimate of drug-likeness (QED) is 0.675. The minimum absolute atomic E-state index is 0. The van der Waals surface area contributed by atoms with Crippen LogP contribution < -0.4 is 11.5 Å². The summed E-state index contributed by atoms with van der Waals surface area (Å²) in [6, 6.07) is 10.3. The van der Waals surface area contributed by atoms with E-state index in [4.69, 9.17) is 0 Å². The summed E-state index contributed by atoms with van der Waals surface area (Å²) in [6.45, 7) is 3.28. The van der Waals surface area contributed by atoms with E-state index in [9.17, 15) is 0 Å². The standard InChI is InChI=1S/C10H15N.H3N/c1-2-3-9-11-10-7-5-4-6-8-10;/h4-8,11H,2-3,9H2,1H3;1H3. The topological polar surface area (TPSA) is 47.0 Å². The van der Waals surface area contributed by atoms with E-state index in [0.29, 0.717) is 0 Å². The van der Waals surface area contributed by atoms with Gasteiger partial charge in [-0.15, -0.1) is 0 Å². The third kappa shape index (κ3) is 3.98. The summed E-state index contributed by atoms with van der Waals surface area (Å²) in [6.07, 6.45) is 2.49. The molecule has 0 unspecified atom stereocenters. The Morgan fingerprint density at radius 3 is 2.42 bits per heavy atom. The van der Waals surface area contributed by atoms with Crippen molar-refractivity contribution in [2.24, 2.45) is 0 Å². The number of nitrogens with one attached hydrogen (secondary N) is 1. The van der Waals surface area contributed by atoms with Crippen molar-refractivity contribution in [3.63, 3.8) is 0 Å². The second-order valence-electron chi connectivity index (χ2n) is 2.65. The van der Waals surface area contributed by atoms with Crippen molar-refractivity contribution in [2.45, 2.75) is 19.8 Å². The van der Waals surface area contributed by atoms with E-state index in [2.05, 4.69) is 24.4 Å². The van der Waals surface area contributed by atoms with Gasteiger partial charge in [-0.25, -0.2) is 0 Å². The number of rotatable bonds is 4. The maximum absolute atomic E-state index is 3.35. The maximum atomic E-state index is 3.35. The first-order valence-corrected chi connectivity index (χ1v) is 4.22. The van der Waals surface area contributed by atoms with Crippen LogP contribution in [0.4, 0.5) is 5.69 Å². The number of hydrogen-bond donors (Lipinski definition) is 2. The van der Waals surface area contributed by atoms with Crippen molar-refractivity contribution >= 4 is 5.69 Å². The highest BCUT2D eigenvalue weighted by molar-refractivity contribution is 5.42. The highest BCUT2D eigenvalue weighted by Gasteiger charge is 1.86. The van der Waals surface area contributed by atoms with E-state index in [-0.39, 0.29) is 6.15 Å². The van der Waals surface area contributed by atoms with Gasteiger partial charge >= 0.3 is 0 Å². The van der Waals surface area contributed by atoms with Gasteiger partial charge in [0.25, 0.3) is 0 Å². The van der Waals surface area contributed by atoms with Crippen LogP contribution in [0.2, 0.25) is 0 Å². The number of anilines is 1. The summed E-state index contributed by atoms with van der Waals surface area (Å²) in [4.78, 5) is 0. The Morgan fingerprint density at radius 1 is 1.17 bits per heavy atom. The molecular weight excluding hydrogens is 148 g/mol. The molecule has 0 fully saturated rings. The van der Waals surface area contributed by atoms with Crippen molar-refractivity contribution in [3.8, 4) is 0 Å². The van der Waals surface area contributed by atoms with Gasteiger partial charge in [-0.05, 0) is 18.6 Å². The van der Waals surface area contributed by atoms with Gasteiger partial charge in [0.2, 0.25) is 0 Å². The molecule has 0 aliphatic carbocycles. The van der Waals surface area contributed by atoms with Gasteiger partial charge in [0.1, 0.15) is 0 Å². The van der Waals surface area contributed by atoms with Crippen LogP contribution >= 0.6 is 0 Å². The molecule has 0 atom stereocenters. The fourth-order valence-electron chi connectivity index (χ4n) is 0.966.